The van der Waals surface area contributed by atoms with Gasteiger partial charge >= 0.3 is 0 Å². The van der Waals surface area contributed by atoms with Gasteiger partial charge in [0.05, 0.1) is 28.3 Å². The average molecular weight is 580 g/mol. The predicted octanol–water partition coefficient (Wildman–Crippen LogP) is 3.73. The molecule has 0 bridgehead atoms. The largest absolute Gasteiger partial charge is 0.391 e. The highest BCUT2D eigenvalue weighted by Gasteiger charge is 2.53. The second kappa shape index (κ2) is 11.9. The Morgan fingerprint density at radius 1 is 1.24 bits per heavy atom. The second-order valence-corrected chi connectivity index (χ2v) is 13.8. The number of aryl methyl sites for hydroxylation is 1. The molecule has 3 amide bonds. The Morgan fingerprint density at radius 3 is 2.51 bits per heavy atom. The molecule has 3 N–H and O–H groups in total. The van der Waals surface area contributed by atoms with Crippen LogP contribution in [0.2, 0.25) is 0 Å². The van der Waals surface area contributed by atoms with Gasteiger partial charge in [-0.05, 0) is 60.3 Å². The van der Waals surface area contributed by atoms with E-state index in [2.05, 4.69) is 41.6 Å². The van der Waals surface area contributed by atoms with Crippen LogP contribution in [-0.4, -0.2) is 57.4 Å². The molecule has 2 heterocycles. The maximum absolute atomic E-state index is 13.8. The molecule has 10 heteroatoms. The summed E-state index contributed by atoms with van der Waals surface area (Å²) in [7, 11) is 0. The van der Waals surface area contributed by atoms with Gasteiger partial charge in [0.2, 0.25) is 17.7 Å². The van der Waals surface area contributed by atoms with Crippen molar-refractivity contribution in [1.29, 1.82) is 5.26 Å². The molecule has 1 aliphatic carbocycles. The number of hydrogen-bond donors (Lipinski definition) is 3. The van der Waals surface area contributed by atoms with Gasteiger partial charge in [0, 0.05) is 19.5 Å². The molecule has 1 aliphatic heterocycles. The van der Waals surface area contributed by atoms with Crippen molar-refractivity contribution in [2.75, 3.05) is 6.54 Å². The van der Waals surface area contributed by atoms with E-state index in [0.717, 1.165) is 33.7 Å². The number of aliphatic hydroxyl groups excluding tert-OH is 1. The normalized spacial score (nSPS) is 20.4. The molecule has 4 rings (SSSR count). The van der Waals surface area contributed by atoms with Crippen LogP contribution in [0.25, 0.3) is 10.4 Å². The molecule has 1 aromatic carbocycles. The van der Waals surface area contributed by atoms with E-state index in [-0.39, 0.29) is 18.9 Å². The fourth-order valence-electron chi connectivity index (χ4n) is 5.35. The molecule has 9 nitrogen and oxygen atoms in total. The van der Waals surface area contributed by atoms with E-state index in [4.69, 9.17) is 0 Å². The Labute approximate surface area is 246 Å². The number of rotatable bonds is 9. The van der Waals surface area contributed by atoms with Crippen LogP contribution in [0, 0.1) is 35.0 Å². The van der Waals surface area contributed by atoms with Gasteiger partial charge < -0.3 is 20.6 Å². The standard InChI is InChI=1S/C31H41N5O4S/c1-18(2)11-22-12-20(25-19(3)34-17-41-25)7-8-21(22)14-33-27(38)24-13-23(37)15-36(24)28(39)26(30(4,5)6)35-29(40)31(16-32)9-10-31/h7-8,12,17-18,23-24,26,37H,9-11,13-15H2,1-6H3,(H,33,38)(H,35,40)/t23-,24+,26-/m1/s1. The Hall–Kier alpha value is -3.29. The zero-order chi connectivity index (χ0) is 30.1. The molecule has 2 fully saturated rings. The zero-order valence-electron chi connectivity index (χ0n) is 24.8. The van der Waals surface area contributed by atoms with Gasteiger partial charge in [-0.2, -0.15) is 5.26 Å². The molecule has 1 aromatic heterocycles. The summed E-state index contributed by atoms with van der Waals surface area (Å²) < 4.78 is 0. The number of hydrogen-bond acceptors (Lipinski definition) is 7. The molecule has 41 heavy (non-hydrogen) atoms. The topological polar surface area (TPSA) is 135 Å². The maximum Gasteiger partial charge on any atom is 0.246 e. The monoisotopic (exact) mass is 579 g/mol. The van der Waals surface area contributed by atoms with Gasteiger partial charge in [0.15, 0.2) is 0 Å². The van der Waals surface area contributed by atoms with Crippen molar-refractivity contribution in [2.45, 2.75) is 92.0 Å². The van der Waals surface area contributed by atoms with Crippen molar-refractivity contribution in [1.82, 2.24) is 20.5 Å². The first-order valence-corrected chi connectivity index (χ1v) is 15.1. The van der Waals surface area contributed by atoms with Crippen LogP contribution in [0.4, 0.5) is 0 Å². The third kappa shape index (κ3) is 6.79. The third-order valence-electron chi connectivity index (χ3n) is 7.95. The molecule has 2 aromatic rings. The van der Waals surface area contributed by atoms with Crippen molar-refractivity contribution in [2.24, 2.45) is 16.7 Å². The number of aromatic nitrogens is 1. The number of amides is 3. The van der Waals surface area contributed by atoms with Crippen LogP contribution in [0.5, 0.6) is 0 Å². The Bertz CT molecular complexity index is 1350. The molecule has 0 unspecified atom stereocenters. The number of carbonyl (C=O) groups is 3. The van der Waals surface area contributed by atoms with E-state index in [1.165, 1.54) is 4.90 Å². The number of nitriles is 1. The number of β-amino-alcohol motifs (C(OH)–C–C–N with tert-alkyl or cyclic N) is 1. The van der Waals surface area contributed by atoms with E-state index in [0.29, 0.717) is 25.3 Å². The number of nitrogens with zero attached hydrogens (tertiary/aromatic N) is 3. The summed E-state index contributed by atoms with van der Waals surface area (Å²) in [5.41, 5.74) is 4.33. The minimum atomic E-state index is -1.08. The Balaban J connectivity index is 1.50. The summed E-state index contributed by atoms with van der Waals surface area (Å²) in [6.07, 6.45) is 1.06. The third-order valence-corrected chi connectivity index (χ3v) is 8.92. The van der Waals surface area contributed by atoms with Crippen molar-refractivity contribution in [3.8, 4) is 16.5 Å². The fourth-order valence-corrected chi connectivity index (χ4v) is 6.16. The van der Waals surface area contributed by atoms with E-state index in [9.17, 15) is 24.8 Å². The number of carbonyl (C=O) groups excluding carboxylic acids is 3. The predicted molar refractivity (Wildman–Crippen MR) is 157 cm³/mol. The van der Waals surface area contributed by atoms with E-state index >= 15 is 0 Å². The minimum Gasteiger partial charge on any atom is -0.391 e. The Kier molecular flexibility index (Phi) is 8.90. The lowest BCUT2D eigenvalue weighted by molar-refractivity contribution is -0.144. The van der Waals surface area contributed by atoms with E-state index in [1.54, 1.807) is 11.3 Å². The fraction of sp³-hybridized carbons (Fsp3) is 0.581. The van der Waals surface area contributed by atoms with Crippen molar-refractivity contribution in [3.63, 3.8) is 0 Å². The summed E-state index contributed by atoms with van der Waals surface area (Å²) in [5, 5.41) is 25.7. The first kappa shape index (κ1) is 30.7. The van der Waals surface area contributed by atoms with Gasteiger partial charge in [-0.1, -0.05) is 46.8 Å². The van der Waals surface area contributed by atoms with Gasteiger partial charge in [-0.25, -0.2) is 4.98 Å². The summed E-state index contributed by atoms with van der Waals surface area (Å²) in [6, 6.07) is 6.51. The summed E-state index contributed by atoms with van der Waals surface area (Å²) >= 11 is 1.60. The lowest BCUT2D eigenvalue weighted by atomic mass is 9.85. The van der Waals surface area contributed by atoms with Crippen LogP contribution in [-0.2, 0) is 27.3 Å². The highest BCUT2D eigenvalue weighted by atomic mass is 32.1. The molecule has 1 saturated heterocycles. The number of likely N-dealkylation sites (tertiary alicyclic amines) is 1. The number of nitrogens with one attached hydrogen (secondary N) is 2. The first-order valence-electron chi connectivity index (χ1n) is 14.3. The van der Waals surface area contributed by atoms with Crippen LogP contribution in [0.15, 0.2) is 23.7 Å². The van der Waals surface area contributed by atoms with Gasteiger partial charge in [-0.15, -0.1) is 11.3 Å². The van der Waals surface area contributed by atoms with Crippen molar-refractivity contribution in [3.05, 3.63) is 40.5 Å². The highest BCUT2D eigenvalue weighted by Crippen LogP contribution is 2.45. The van der Waals surface area contributed by atoms with Gasteiger partial charge in [0.1, 0.15) is 17.5 Å². The quantitative estimate of drug-likeness (QED) is 0.414. The van der Waals surface area contributed by atoms with E-state index < -0.39 is 40.8 Å². The maximum atomic E-state index is 13.8. The van der Waals surface area contributed by atoms with Crippen LogP contribution in [0.3, 0.4) is 0 Å². The van der Waals surface area contributed by atoms with Gasteiger partial charge in [-0.3, -0.25) is 14.4 Å². The summed E-state index contributed by atoms with van der Waals surface area (Å²) in [6.45, 7) is 12.1. The first-order chi connectivity index (χ1) is 19.3. The van der Waals surface area contributed by atoms with E-state index in [1.807, 2.05) is 45.3 Å². The number of aliphatic hydroxyl groups is 1. The minimum absolute atomic E-state index is 0.00423. The molecule has 0 radical (unpaired) electrons. The lowest BCUT2D eigenvalue weighted by Gasteiger charge is -2.35. The Morgan fingerprint density at radius 2 is 1.95 bits per heavy atom. The second-order valence-electron chi connectivity index (χ2n) is 12.9. The van der Waals surface area contributed by atoms with Gasteiger partial charge in [0.25, 0.3) is 0 Å². The van der Waals surface area contributed by atoms with Crippen molar-refractivity contribution < 1.29 is 19.5 Å². The molecule has 220 valence electrons. The SMILES string of the molecule is Cc1ncsc1-c1ccc(CNC(=O)[C@@H]2C[C@@H](O)CN2C(=O)[C@@H](NC(=O)C2(C#N)CC2)C(C)(C)C)c(CC(C)C)c1. The molecule has 2 aliphatic rings. The molecule has 0 spiro atoms. The summed E-state index contributed by atoms with van der Waals surface area (Å²) in [4.78, 5) is 47.0. The number of thiazole rings is 1. The highest BCUT2D eigenvalue weighted by molar-refractivity contribution is 7.13. The van der Waals surface area contributed by atoms with Crippen LogP contribution >= 0.6 is 11.3 Å². The molecular weight excluding hydrogens is 538 g/mol. The molecule has 1 saturated carbocycles. The number of benzene rings is 1. The van der Waals surface area contributed by atoms with Crippen LogP contribution < -0.4 is 10.6 Å². The molecular formula is C31H41N5O4S. The average Bonchev–Trinajstić information content (AvgIpc) is 3.44. The smallest absolute Gasteiger partial charge is 0.246 e. The van der Waals surface area contributed by atoms with Crippen LogP contribution in [0.1, 0.15) is 70.7 Å². The zero-order valence-corrected chi connectivity index (χ0v) is 25.6. The summed E-state index contributed by atoms with van der Waals surface area (Å²) in [5.74, 6) is -0.812. The molecule has 3 atom stereocenters. The van der Waals surface area contributed by atoms with Crippen molar-refractivity contribution >= 4 is 29.1 Å². The lowest BCUT2D eigenvalue weighted by Crippen LogP contribution is -2.58.